The molecule has 0 saturated heterocycles. The molecule has 7 heteroatoms. The highest BCUT2D eigenvalue weighted by Crippen LogP contribution is 2.25. The summed E-state index contributed by atoms with van der Waals surface area (Å²) in [6, 6.07) is -0.158. The van der Waals surface area contributed by atoms with Crippen LogP contribution in [0, 0.1) is 6.92 Å². The number of anilines is 1. The Labute approximate surface area is 130 Å². The molecule has 3 N–H and O–H groups in total. The fraction of sp³-hybridized carbons (Fsp3) is 0.714. The van der Waals surface area contributed by atoms with Crippen LogP contribution in [0.5, 0.6) is 0 Å². The van der Waals surface area contributed by atoms with Crippen LogP contribution < -0.4 is 16.0 Å². The van der Waals surface area contributed by atoms with Crippen LogP contribution in [0.2, 0.25) is 0 Å². The lowest BCUT2D eigenvalue weighted by Gasteiger charge is -2.22. The Morgan fingerprint density at radius 1 is 1.48 bits per heavy atom. The quantitative estimate of drug-likeness (QED) is 0.868. The number of ether oxygens (including phenoxy) is 1. The molecule has 1 rings (SSSR count). The van der Waals surface area contributed by atoms with Crippen LogP contribution in [0.1, 0.15) is 31.3 Å². The molecule has 0 aliphatic rings. The van der Waals surface area contributed by atoms with Gasteiger partial charge in [0.15, 0.2) is 5.13 Å². The van der Waals surface area contributed by atoms with E-state index in [2.05, 4.69) is 10.3 Å². The summed E-state index contributed by atoms with van der Waals surface area (Å²) >= 11 is 1.62. The van der Waals surface area contributed by atoms with Gasteiger partial charge >= 0.3 is 6.09 Å². The third-order valence-electron chi connectivity index (χ3n) is 2.70. The number of nitrogens with one attached hydrogen (secondary N) is 1. The van der Waals surface area contributed by atoms with Crippen LogP contribution in [0.3, 0.4) is 0 Å². The molecule has 1 aromatic heterocycles. The molecule has 120 valence electrons. The first-order valence-electron chi connectivity index (χ1n) is 6.95. The number of rotatable bonds is 5. The number of alkyl carbamates (subject to hydrolysis) is 1. The minimum absolute atomic E-state index is 0.158. The normalized spacial score (nSPS) is 12.9. The van der Waals surface area contributed by atoms with E-state index >= 15 is 0 Å². The van der Waals surface area contributed by atoms with E-state index in [-0.39, 0.29) is 6.04 Å². The highest BCUT2D eigenvalue weighted by atomic mass is 32.1. The predicted molar refractivity (Wildman–Crippen MR) is 87.1 cm³/mol. The van der Waals surface area contributed by atoms with Crippen LogP contribution in [0.25, 0.3) is 0 Å². The Morgan fingerprint density at radius 3 is 2.52 bits per heavy atom. The number of hydrogen-bond acceptors (Lipinski definition) is 6. The highest BCUT2D eigenvalue weighted by Gasteiger charge is 2.20. The van der Waals surface area contributed by atoms with Crippen LogP contribution >= 0.6 is 11.3 Å². The van der Waals surface area contributed by atoms with Gasteiger partial charge in [0.05, 0.1) is 5.69 Å². The van der Waals surface area contributed by atoms with E-state index < -0.39 is 11.7 Å². The molecule has 1 amide bonds. The molecule has 0 radical (unpaired) electrons. The van der Waals surface area contributed by atoms with Crippen molar-refractivity contribution in [3.05, 3.63) is 10.6 Å². The number of carbonyl (C=O) groups is 1. The fourth-order valence-electron chi connectivity index (χ4n) is 1.68. The average molecular weight is 314 g/mol. The van der Waals surface area contributed by atoms with Crippen molar-refractivity contribution >= 4 is 22.6 Å². The fourth-order valence-corrected chi connectivity index (χ4v) is 2.75. The molecule has 0 bridgehead atoms. The summed E-state index contributed by atoms with van der Waals surface area (Å²) in [6.07, 6.45) is 0.223. The zero-order valence-electron chi connectivity index (χ0n) is 13.7. The summed E-state index contributed by atoms with van der Waals surface area (Å²) < 4.78 is 5.26. The van der Waals surface area contributed by atoms with Crippen molar-refractivity contribution in [2.24, 2.45) is 5.73 Å². The van der Waals surface area contributed by atoms with E-state index in [1.54, 1.807) is 11.3 Å². The average Bonchev–Trinajstić information content (AvgIpc) is 2.67. The van der Waals surface area contributed by atoms with Crippen LogP contribution in [0.15, 0.2) is 0 Å². The first kappa shape index (κ1) is 17.7. The van der Waals surface area contributed by atoms with E-state index in [0.717, 1.165) is 15.7 Å². The van der Waals surface area contributed by atoms with E-state index in [0.29, 0.717) is 13.0 Å². The number of carbonyl (C=O) groups excluding carboxylic acids is 1. The molecule has 1 atom stereocenters. The van der Waals surface area contributed by atoms with Gasteiger partial charge in [-0.05, 0) is 27.7 Å². The molecule has 0 saturated carbocycles. The first-order chi connectivity index (χ1) is 9.62. The smallest absolute Gasteiger partial charge is 0.407 e. The summed E-state index contributed by atoms with van der Waals surface area (Å²) in [5, 5.41) is 3.77. The lowest BCUT2D eigenvalue weighted by molar-refractivity contribution is 0.0506. The lowest BCUT2D eigenvalue weighted by Crippen LogP contribution is -2.44. The maximum absolute atomic E-state index is 11.8. The Bertz CT molecular complexity index is 480. The standard InChI is InChI=1S/C14H26N4O2S/c1-9-11(21-12(16-9)18(5)6)7-10(8-15)17-13(19)20-14(2,3)4/h10H,7-8,15H2,1-6H3,(H,17,19). The molecule has 0 spiro atoms. The Hall–Kier alpha value is -1.34. The number of aryl methyl sites for hydroxylation is 1. The van der Waals surface area contributed by atoms with Crippen molar-refractivity contribution < 1.29 is 9.53 Å². The van der Waals surface area contributed by atoms with Gasteiger partial charge < -0.3 is 20.7 Å². The van der Waals surface area contributed by atoms with Gasteiger partial charge in [0, 0.05) is 38.0 Å². The zero-order valence-corrected chi connectivity index (χ0v) is 14.5. The van der Waals surface area contributed by atoms with Crippen molar-refractivity contribution in [3.63, 3.8) is 0 Å². The maximum atomic E-state index is 11.8. The van der Waals surface area contributed by atoms with Gasteiger partial charge in [-0.1, -0.05) is 0 Å². The second kappa shape index (κ2) is 7.09. The molecule has 21 heavy (non-hydrogen) atoms. The minimum Gasteiger partial charge on any atom is -0.444 e. The second-order valence-corrected chi connectivity index (χ2v) is 7.24. The number of aromatic nitrogens is 1. The molecule has 1 unspecified atom stereocenters. The van der Waals surface area contributed by atoms with Gasteiger partial charge in [-0.15, -0.1) is 11.3 Å². The molecule has 0 aliphatic heterocycles. The van der Waals surface area contributed by atoms with E-state index in [1.165, 1.54) is 0 Å². The second-order valence-electron chi connectivity index (χ2n) is 6.18. The molecule has 6 nitrogen and oxygen atoms in total. The Balaban J connectivity index is 2.68. The monoisotopic (exact) mass is 314 g/mol. The van der Waals surface area contributed by atoms with Gasteiger partial charge in [0.2, 0.25) is 0 Å². The topological polar surface area (TPSA) is 80.5 Å². The summed E-state index contributed by atoms with van der Waals surface area (Å²) in [4.78, 5) is 19.4. The Kier molecular flexibility index (Phi) is 5.98. The predicted octanol–water partition coefficient (Wildman–Crippen LogP) is 1.91. The summed E-state index contributed by atoms with van der Waals surface area (Å²) in [7, 11) is 3.92. The first-order valence-corrected chi connectivity index (χ1v) is 7.77. The van der Waals surface area contributed by atoms with Crippen LogP contribution in [0.4, 0.5) is 9.93 Å². The van der Waals surface area contributed by atoms with E-state index in [9.17, 15) is 4.79 Å². The molecule has 0 aliphatic carbocycles. The number of amides is 1. The third-order valence-corrected chi connectivity index (χ3v) is 4.05. The van der Waals surface area contributed by atoms with Gasteiger partial charge in [0.1, 0.15) is 5.60 Å². The lowest BCUT2D eigenvalue weighted by atomic mass is 10.1. The number of hydrogen-bond donors (Lipinski definition) is 2. The molecule has 1 heterocycles. The number of nitrogens with two attached hydrogens (primary N) is 1. The van der Waals surface area contributed by atoms with Crippen molar-refractivity contribution in [1.29, 1.82) is 0 Å². The SMILES string of the molecule is Cc1nc(N(C)C)sc1CC(CN)NC(=O)OC(C)(C)C. The maximum Gasteiger partial charge on any atom is 0.407 e. The largest absolute Gasteiger partial charge is 0.444 e. The van der Waals surface area contributed by atoms with Crippen LogP contribution in [-0.4, -0.2) is 43.4 Å². The molecule has 0 aromatic carbocycles. The van der Waals surface area contributed by atoms with Crippen LogP contribution in [-0.2, 0) is 11.2 Å². The number of nitrogens with zero attached hydrogens (tertiary/aromatic N) is 2. The molecule has 1 aromatic rings. The summed E-state index contributed by atoms with van der Waals surface area (Å²) in [5.41, 5.74) is 6.22. The van der Waals surface area contributed by atoms with Gasteiger partial charge in [-0.3, -0.25) is 0 Å². The summed E-state index contributed by atoms with van der Waals surface area (Å²) in [5.74, 6) is 0. The van der Waals surface area contributed by atoms with Crippen molar-refractivity contribution in [2.75, 3.05) is 25.5 Å². The number of thiazole rings is 1. The van der Waals surface area contributed by atoms with E-state index in [1.807, 2.05) is 46.7 Å². The minimum atomic E-state index is -0.512. The zero-order chi connectivity index (χ0) is 16.2. The Morgan fingerprint density at radius 2 is 2.10 bits per heavy atom. The highest BCUT2D eigenvalue weighted by molar-refractivity contribution is 7.15. The molecular formula is C14H26N4O2S. The molecule has 0 fully saturated rings. The van der Waals surface area contributed by atoms with Crippen molar-refractivity contribution in [2.45, 2.75) is 45.8 Å². The summed E-state index contributed by atoms with van der Waals surface area (Å²) in [6.45, 7) is 7.83. The van der Waals surface area contributed by atoms with Gasteiger partial charge in [-0.2, -0.15) is 0 Å². The molecular weight excluding hydrogens is 288 g/mol. The van der Waals surface area contributed by atoms with Crippen molar-refractivity contribution in [1.82, 2.24) is 10.3 Å². The van der Waals surface area contributed by atoms with Crippen molar-refractivity contribution in [3.8, 4) is 0 Å². The van der Waals surface area contributed by atoms with E-state index in [4.69, 9.17) is 10.5 Å². The van der Waals surface area contributed by atoms with Gasteiger partial charge in [-0.25, -0.2) is 9.78 Å². The third kappa shape index (κ3) is 5.89. The van der Waals surface area contributed by atoms with Gasteiger partial charge in [0.25, 0.3) is 0 Å².